The van der Waals surface area contributed by atoms with Crippen molar-refractivity contribution in [3.8, 4) is 0 Å². The third kappa shape index (κ3) is 4.79. The minimum atomic E-state index is -3.83. The Kier molecular flexibility index (Phi) is 6.84. The van der Waals surface area contributed by atoms with Crippen molar-refractivity contribution in [1.82, 2.24) is 8.61 Å². The van der Waals surface area contributed by atoms with Crippen LogP contribution in [0.2, 0.25) is 0 Å². The number of hydrogen-bond donors (Lipinski definition) is 0. The van der Waals surface area contributed by atoms with Crippen LogP contribution in [0.5, 0.6) is 0 Å². The Hall–Kier alpha value is -1.78. The zero-order valence-electron chi connectivity index (χ0n) is 15.5. The van der Waals surface area contributed by atoms with Crippen LogP contribution >= 0.6 is 0 Å². The largest absolute Gasteiger partial charge is 0.381 e. The number of benzene rings is 2. The first-order valence-electron chi connectivity index (χ1n) is 9.10. The topological polar surface area (TPSA) is 84.0 Å². The molecule has 0 amide bonds. The summed E-state index contributed by atoms with van der Waals surface area (Å²) in [6, 6.07) is 16.1. The molecule has 3 rings (SSSR count). The van der Waals surface area contributed by atoms with Gasteiger partial charge in [0.2, 0.25) is 20.0 Å². The maximum Gasteiger partial charge on any atom is 0.244 e. The van der Waals surface area contributed by atoms with Gasteiger partial charge < -0.3 is 4.74 Å². The fourth-order valence-electron chi connectivity index (χ4n) is 2.98. The first-order valence-corrected chi connectivity index (χ1v) is 12.0. The Balaban J connectivity index is 1.95. The first kappa shape index (κ1) is 20.9. The molecule has 0 atom stereocenters. The van der Waals surface area contributed by atoms with Gasteiger partial charge in [0.25, 0.3) is 0 Å². The van der Waals surface area contributed by atoms with Crippen molar-refractivity contribution >= 4 is 20.0 Å². The van der Waals surface area contributed by atoms with E-state index in [0.29, 0.717) is 26.1 Å². The van der Waals surface area contributed by atoms with Crippen molar-refractivity contribution in [1.29, 1.82) is 0 Å². The van der Waals surface area contributed by atoms with E-state index >= 15 is 0 Å². The van der Waals surface area contributed by atoms with E-state index in [1.807, 2.05) is 0 Å². The smallest absolute Gasteiger partial charge is 0.244 e. The molecule has 7 nitrogen and oxygen atoms in total. The Morgan fingerprint density at radius 1 is 0.643 bits per heavy atom. The van der Waals surface area contributed by atoms with E-state index in [2.05, 4.69) is 0 Å². The van der Waals surface area contributed by atoms with Crippen LogP contribution in [0.15, 0.2) is 70.5 Å². The van der Waals surface area contributed by atoms with Crippen molar-refractivity contribution < 1.29 is 21.6 Å². The molecule has 0 spiro atoms. The lowest BCUT2D eigenvalue weighted by Crippen LogP contribution is -2.45. The van der Waals surface area contributed by atoms with Gasteiger partial charge in [-0.25, -0.2) is 16.8 Å². The van der Waals surface area contributed by atoms with Crippen molar-refractivity contribution in [3.05, 3.63) is 60.7 Å². The summed E-state index contributed by atoms with van der Waals surface area (Å²) in [5.41, 5.74) is 0. The summed E-state index contributed by atoms with van der Waals surface area (Å²) in [5, 5.41) is 0. The third-order valence-electron chi connectivity index (χ3n) is 4.47. The minimum Gasteiger partial charge on any atom is -0.381 e. The van der Waals surface area contributed by atoms with Gasteiger partial charge >= 0.3 is 0 Å². The predicted octanol–water partition coefficient (Wildman–Crippen LogP) is 2.14. The summed E-state index contributed by atoms with van der Waals surface area (Å²) in [6.07, 6.45) is 0.983. The molecule has 9 heteroatoms. The Bertz CT molecular complexity index is 884. The van der Waals surface area contributed by atoms with Gasteiger partial charge in [-0.1, -0.05) is 36.4 Å². The molecule has 0 bridgehead atoms. The van der Waals surface area contributed by atoms with Gasteiger partial charge in [-0.15, -0.1) is 0 Å². The average molecular weight is 425 g/mol. The maximum absolute atomic E-state index is 13.1. The van der Waals surface area contributed by atoms with Gasteiger partial charge in [0, 0.05) is 26.3 Å². The van der Waals surface area contributed by atoms with Crippen LogP contribution in [0.3, 0.4) is 0 Å². The van der Waals surface area contributed by atoms with E-state index in [4.69, 9.17) is 4.74 Å². The maximum atomic E-state index is 13.1. The van der Waals surface area contributed by atoms with Crippen LogP contribution in [0.25, 0.3) is 0 Å². The van der Waals surface area contributed by atoms with E-state index in [1.165, 1.54) is 32.9 Å². The van der Waals surface area contributed by atoms with Gasteiger partial charge in [-0.05, 0) is 37.1 Å². The Labute approximate surface area is 166 Å². The Morgan fingerprint density at radius 3 is 1.43 bits per heavy atom. The summed E-state index contributed by atoms with van der Waals surface area (Å²) < 4.78 is 60.4. The van der Waals surface area contributed by atoms with E-state index < -0.39 is 20.0 Å². The lowest BCUT2D eigenvalue weighted by molar-refractivity contribution is 0.108. The number of ether oxygens (including phenoxy) is 1. The molecule has 0 unspecified atom stereocenters. The lowest BCUT2D eigenvalue weighted by Gasteiger charge is -2.30. The second-order valence-electron chi connectivity index (χ2n) is 6.45. The monoisotopic (exact) mass is 424 g/mol. The molecule has 1 aliphatic heterocycles. The van der Waals surface area contributed by atoms with Crippen LogP contribution in [0.1, 0.15) is 12.8 Å². The number of sulfonamides is 2. The second kappa shape index (κ2) is 9.15. The number of rotatable bonds is 4. The van der Waals surface area contributed by atoms with E-state index in [1.54, 1.807) is 36.4 Å². The molecule has 1 fully saturated rings. The quantitative estimate of drug-likeness (QED) is 0.751. The SMILES string of the molecule is O=S(=O)(c1ccccc1)N1CCCOCCCN(S(=O)(=O)c2ccccc2)C1. The van der Waals surface area contributed by atoms with Crippen LogP contribution < -0.4 is 0 Å². The molecule has 0 radical (unpaired) electrons. The normalized spacial score (nSPS) is 18.6. The van der Waals surface area contributed by atoms with Gasteiger partial charge in [0.05, 0.1) is 16.5 Å². The molecule has 28 heavy (non-hydrogen) atoms. The highest BCUT2D eigenvalue weighted by atomic mass is 32.2. The molecule has 0 aromatic heterocycles. The highest BCUT2D eigenvalue weighted by Crippen LogP contribution is 2.21. The Morgan fingerprint density at radius 2 is 1.04 bits per heavy atom. The molecule has 2 aromatic carbocycles. The minimum absolute atomic E-state index is 0.144. The van der Waals surface area contributed by atoms with Crippen molar-refractivity contribution in [2.45, 2.75) is 22.6 Å². The zero-order valence-corrected chi connectivity index (χ0v) is 17.1. The fourth-order valence-corrected chi connectivity index (χ4v) is 5.97. The van der Waals surface area contributed by atoms with E-state index in [0.717, 1.165) is 0 Å². The third-order valence-corrected chi connectivity index (χ3v) is 8.16. The molecule has 152 valence electrons. The van der Waals surface area contributed by atoms with Crippen LogP contribution in [-0.2, 0) is 24.8 Å². The van der Waals surface area contributed by atoms with Crippen LogP contribution in [-0.4, -0.2) is 58.4 Å². The molecule has 0 aliphatic carbocycles. The summed E-state index contributed by atoms with van der Waals surface area (Å²) in [6.45, 7) is 1.00. The number of nitrogens with zero attached hydrogens (tertiary/aromatic N) is 2. The molecule has 1 saturated heterocycles. The number of hydrogen-bond acceptors (Lipinski definition) is 5. The van der Waals surface area contributed by atoms with Gasteiger partial charge in [0.1, 0.15) is 0 Å². The zero-order chi connectivity index (χ0) is 20.0. The summed E-state index contributed by atoms with van der Waals surface area (Å²) in [7, 11) is -7.67. The standard InChI is InChI=1S/C19H24N2O5S2/c22-27(23,18-9-3-1-4-10-18)20-13-7-15-26-16-8-14-21(17-20)28(24,25)19-11-5-2-6-12-19/h1-6,9-12H,7-8,13-17H2. The predicted molar refractivity (Wildman–Crippen MR) is 106 cm³/mol. The van der Waals surface area contributed by atoms with Gasteiger partial charge in [0.15, 0.2) is 0 Å². The summed E-state index contributed by atoms with van der Waals surface area (Å²) in [5.74, 6) is 0. The second-order valence-corrected chi connectivity index (χ2v) is 10.3. The molecule has 1 aliphatic rings. The molecular weight excluding hydrogens is 400 g/mol. The van der Waals surface area contributed by atoms with E-state index in [-0.39, 0.29) is 29.5 Å². The molecule has 0 N–H and O–H groups in total. The highest BCUT2D eigenvalue weighted by Gasteiger charge is 2.32. The van der Waals surface area contributed by atoms with Gasteiger partial charge in [-0.3, -0.25) is 0 Å². The highest BCUT2D eigenvalue weighted by molar-refractivity contribution is 7.90. The van der Waals surface area contributed by atoms with Crippen molar-refractivity contribution in [2.75, 3.05) is 33.0 Å². The van der Waals surface area contributed by atoms with Crippen molar-refractivity contribution in [3.63, 3.8) is 0 Å². The average Bonchev–Trinajstić information content (AvgIpc) is 2.72. The fraction of sp³-hybridized carbons (Fsp3) is 0.368. The molecule has 1 heterocycles. The van der Waals surface area contributed by atoms with Crippen LogP contribution in [0.4, 0.5) is 0 Å². The van der Waals surface area contributed by atoms with E-state index in [9.17, 15) is 16.8 Å². The molecular formula is C19H24N2O5S2. The molecule has 2 aromatic rings. The van der Waals surface area contributed by atoms with Crippen molar-refractivity contribution in [2.24, 2.45) is 0 Å². The summed E-state index contributed by atoms with van der Waals surface area (Å²) >= 11 is 0. The summed E-state index contributed by atoms with van der Waals surface area (Å²) in [4.78, 5) is 0.287. The van der Waals surface area contributed by atoms with Crippen LogP contribution in [0, 0.1) is 0 Å². The van der Waals surface area contributed by atoms with Gasteiger partial charge in [-0.2, -0.15) is 8.61 Å². The lowest BCUT2D eigenvalue weighted by atomic mass is 10.4. The molecule has 0 saturated carbocycles. The first-order chi connectivity index (χ1) is 13.4.